The molecule has 1 aliphatic carbocycles. The predicted octanol–water partition coefficient (Wildman–Crippen LogP) is 5.77. The maximum atomic E-state index is 10.6. The molecule has 0 atom stereocenters. The van der Waals surface area contributed by atoms with Crippen molar-refractivity contribution in [1.82, 2.24) is 0 Å². The van der Waals surface area contributed by atoms with Crippen LogP contribution in [0.15, 0.2) is 12.2 Å². The summed E-state index contributed by atoms with van der Waals surface area (Å²) in [5, 5.41) is 10.6. The molecule has 0 aromatic rings. The van der Waals surface area contributed by atoms with E-state index in [2.05, 4.69) is 0 Å². The van der Waals surface area contributed by atoms with Crippen molar-refractivity contribution in [3.8, 4) is 0 Å². The van der Waals surface area contributed by atoms with E-state index in [0.29, 0.717) is 0 Å². The van der Waals surface area contributed by atoms with E-state index >= 15 is 0 Å². The molecule has 0 aromatic carbocycles. The second-order valence-corrected chi connectivity index (χ2v) is 6.35. The zero-order valence-corrected chi connectivity index (χ0v) is 13.0. The first-order valence-corrected chi connectivity index (χ1v) is 8.63. The van der Waals surface area contributed by atoms with Crippen molar-refractivity contribution in [3.05, 3.63) is 12.2 Å². The van der Waals surface area contributed by atoms with Crippen molar-refractivity contribution in [2.45, 2.75) is 102 Å². The maximum absolute atomic E-state index is 10.6. The summed E-state index contributed by atoms with van der Waals surface area (Å²) in [7, 11) is 0. The van der Waals surface area contributed by atoms with Gasteiger partial charge in [0.25, 0.3) is 0 Å². The van der Waals surface area contributed by atoms with E-state index in [4.69, 9.17) is 0 Å². The van der Waals surface area contributed by atoms with Gasteiger partial charge in [-0.1, -0.05) is 89.2 Å². The average molecular weight is 266 g/mol. The molecule has 1 saturated carbocycles. The lowest BCUT2D eigenvalue weighted by Crippen LogP contribution is -2.25. The molecule has 0 unspecified atom stereocenters. The molecule has 19 heavy (non-hydrogen) atoms. The average Bonchev–Trinajstić information content (AvgIpc) is 2.39. The molecule has 112 valence electrons. The van der Waals surface area contributed by atoms with Gasteiger partial charge in [0.2, 0.25) is 0 Å². The number of aliphatic hydroxyl groups is 1. The van der Waals surface area contributed by atoms with Crippen molar-refractivity contribution < 1.29 is 5.11 Å². The van der Waals surface area contributed by atoms with E-state index in [0.717, 1.165) is 12.8 Å². The van der Waals surface area contributed by atoms with Gasteiger partial charge in [-0.2, -0.15) is 0 Å². The fourth-order valence-corrected chi connectivity index (χ4v) is 3.23. The summed E-state index contributed by atoms with van der Waals surface area (Å²) in [4.78, 5) is 0. The second kappa shape index (κ2) is 10.5. The van der Waals surface area contributed by atoms with Crippen LogP contribution in [0.25, 0.3) is 0 Å². The molecular formula is C18H34O. The van der Waals surface area contributed by atoms with Crippen LogP contribution >= 0.6 is 0 Å². The van der Waals surface area contributed by atoms with Crippen LogP contribution in [0, 0.1) is 0 Å². The van der Waals surface area contributed by atoms with Crippen LogP contribution in [0.3, 0.4) is 0 Å². The Labute approximate surface area is 120 Å². The zero-order chi connectivity index (χ0) is 13.8. The van der Waals surface area contributed by atoms with Crippen LogP contribution in [0.1, 0.15) is 96.8 Å². The van der Waals surface area contributed by atoms with Crippen molar-refractivity contribution in [3.63, 3.8) is 0 Å². The van der Waals surface area contributed by atoms with Crippen LogP contribution < -0.4 is 0 Å². The molecule has 0 aromatic heterocycles. The second-order valence-electron chi connectivity index (χ2n) is 6.35. The van der Waals surface area contributed by atoms with Crippen LogP contribution in [0.5, 0.6) is 0 Å². The van der Waals surface area contributed by atoms with Crippen molar-refractivity contribution in [1.29, 1.82) is 0 Å². The van der Waals surface area contributed by atoms with E-state index in [1.807, 2.05) is 19.1 Å². The molecule has 1 heteroatoms. The van der Waals surface area contributed by atoms with Gasteiger partial charge in [-0.15, -0.1) is 0 Å². The van der Waals surface area contributed by atoms with Gasteiger partial charge in [-0.05, 0) is 19.8 Å². The van der Waals surface area contributed by atoms with Gasteiger partial charge in [0.1, 0.15) is 0 Å². The Morgan fingerprint density at radius 2 is 0.947 bits per heavy atom. The van der Waals surface area contributed by atoms with Crippen molar-refractivity contribution in [2.24, 2.45) is 0 Å². The summed E-state index contributed by atoms with van der Waals surface area (Å²) in [5.41, 5.74) is -0.519. The van der Waals surface area contributed by atoms with E-state index in [-0.39, 0.29) is 0 Å². The maximum Gasteiger partial charge on any atom is 0.0827 e. The number of rotatable bonds is 1. The SMILES string of the molecule is CC=CC1(O)CCCCCCCCCCCCCC1. The fraction of sp³-hybridized carbons (Fsp3) is 0.889. The lowest BCUT2D eigenvalue weighted by molar-refractivity contribution is 0.0661. The molecule has 1 fully saturated rings. The van der Waals surface area contributed by atoms with E-state index < -0.39 is 5.60 Å². The lowest BCUT2D eigenvalue weighted by atomic mass is 9.89. The monoisotopic (exact) mass is 266 g/mol. The predicted molar refractivity (Wildman–Crippen MR) is 84.4 cm³/mol. The summed E-state index contributed by atoms with van der Waals surface area (Å²) < 4.78 is 0. The fourth-order valence-electron chi connectivity index (χ4n) is 3.23. The summed E-state index contributed by atoms with van der Waals surface area (Å²) in [6, 6.07) is 0. The Morgan fingerprint density at radius 3 is 1.26 bits per heavy atom. The zero-order valence-electron chi connectivity index (χ0n) is 13.0. The third-order valence-electron chi connectivity index (χ3n) is 4.45. The molecule has 1 rings (SSSR count). The van der Waals surface area contributed by atoms with Crippen LogP contribution in [-0.4, -0.2) is 10.7 Å². The van der Waals surface area contributed by atoms with Gasteiger partial charge in [0.15, 0.2) is 0 Å². The molecule has 0 heterocycles. The quantitative estimate of drug-likeness (QED) is 0.597. The highest BCUT2D eigenvalue weighted by atomic mass is 16.3. The Morgan fingerprint density at radius 1 is 0.632 bits per heavy atom. The molecule has 1 aliphatic rings. The highest BCUT2D eigenvalue weighted by molar-refractivity contribution is 4.99. The number of hydrogen-bond donors (Lipinski definition) is 1. The summed E-state index contributed by atoms with van der Waals surface area (Å²) in [6.07, 6.45) is 22.1. The first-order valence-electron chi connectivity index (χ1n) is 8.63. The van der Waals surface area contributed by atoms with Crippen LogP contribution in [0.4, 0.5) is 0 Å². The number of hydrogen-bond acceptors (Lipinski definition) is 1. The highest BCUT2D eigenvalue weighted by Gasteiger charge is 2.21. The molecule has 1 N–H and O–H groups in total. The van der Waals surface area contributed by atoms with Gasteiger partial charge in [0, 0.05) is 0 Å². The minimum Gasteiger partial charge on any atom is -0.386 e. The van der Waals surface area contributed by atoms with E-state index in [1.165, 1.54) is 77.0 Å². The first kappa shape index (κ1) is 16.8. The molecule has 0 spiro atoms. The Balaban J connectivity index is 2.38. The highest BCUT2D eigenvalue weighted by Crippen LogP contribution is 2.25. The minimum atomic E-state index is -0.519. The Kier molecular flexibility index (Phi) is 9.24. The van der Waals surface area contributed by atoms with E-state index in [9.17, 15) is 5.11 Å². The topological polar surface area (TPSA) is 20.2 Å². The normalized spacial score (nSPS) is 24.7. The van der Waals surface area contributed by atoms with Gasteiger partial charge in [-0.3, -0.25) is 0 Å². The van der Waals surface area contributed by atoms with Crippen LogP contribution in [0.2, 0.25) is 0 Å². The first-order chi connectivity index (χ1) is 9.27. The molecule has 0 radical (unpaired) electrons. The van der Waals surface area contributed by atoms with Gasteiger partial charge >= 0.3 is 0 Å². The van der Waals surface area contributed by atoms with Crippen LogP contribution in [-0.2, 0) is 0 Å². The third kappa shape index (κ3) is 8.47. The molecular weight excluding hydrogens is 232 g/mol. The van der Waals surface area contributed by atoms with Gasteiger partial charge in [-0.25, -0.2) is 0 Å². The number of allylic oxidation sites excluding steroid dienone is 1. The standard InChI is InChI=1S/C18H34O/c1-2-15-18(19)16-13-11-9-7-5-3-4-6-8-10-12-14-17-18/h2,15,19H,3-14,16-17H2,1H3. The van der Waals surface area contributed by atoms with Gasteiger partial charge < -0.3 is 5.11 Å². The minimum absolute atomic E-state index is 0.519. The van der Waals surface area contributed by atoms with Crippen molar-refractivity contribution >= 4 is 0 Å². The lowest BCUT2D eigenvalue weighted by Gasteiger charge is -2.24. The Bertz CT molecular complexity index is 216. The third-order valence-corrected chi connectivity index (χ3v) is 4.45. The van der Waals surface area contributed by atoms with Gasteiger partial charge in [0.05, 0.1) is 5.60 Å². The summed E-state index contributed by atoms with van der Waals surface area (Å²) in [6.45, 7) is 2.02. The molecule has 0 aliphatic heterocycles. The molecule has 0 bridgehead atoms. The Hall–Kier alpha value is -0.300. The summed E-state index contributed by atoms with van der Waals surface area (Å²) >= 11 is 0. The smallest absolute Gasteiger partial charge is 0.0827 e. The largest absolute Gasteiger partial charge is 0.386 e. The molecule has 1 nitrogen and oxygen atoms in total. The van der Waals surface area contributed by atoms with E-state index in [1.54, 1.807) is 0 Å². The van der Waals surface area contributed by atoms with Crippen molar-refractivity contribution in [2.75, 3.05) is 0 Å². The summed E-state index contributed by atoms with van der Waals surface area (Å²) in [5.74, 6) is 0. The molecule has 0 amide bonds. The molecule has 0 saturated heterocycles.